The van der Waals surface area contributed by atoms with Gasteiger partial charge in [-0.15, -0.1) is 0 Å². The third-order valence-corrected chi connectivity index (χ3v) is 2.71. The Kier molecular flexibility index (Phi) is 5.02. The summed E-state index contributed by atoms with van der Waals surface area (Å²) in [5.74, 6) is -1.57. The maximum Gasteiger partial charge on any atom is 0.405 e. The van der Waals surface area contributed by atoms with Crippen LogP contribution in [0.15, 0.2) is 30.5 Å². The summed E-state index contributed by atoms with van der Waals surface area (Å²) in [6.07, 6.45) is -3.75. The first kappa shape index (κ1) is 16.3. The largest absolute Gasteiger partial charge is 0.459 e. The van der Waals surface area contributed by atoms with E-state index >= 15 is 0 Å². The molecule has 4 nitrogen and oxygen atoms in total. The molecule has 1 aromatic carbocycles. The first-order valence-electron chi connectivity index (χ1n) is 6.04. The van der Waals surface area contributed by atoms with E-state index < -0.39 is 24.4 Å². The van der Waals surface area contributed by atoms with Crippen LogP contribution < -0.4 is 10.1 Å². The summed E-state index contributed by atoms with van der Waals surface area (Å²) < 4.78 is 54.8. The van der Waals surface area contributed by atoms with Gasteiger partial charge in [-0.2, -0.15) is 18.2 Å². The lowest BCUT2D eigenvalue weighted by molar-refractivity contribution is -0.115. The summed E-state index contributed by atoms with van der Waals surface area (Å²) in [4.78, 5) is 7.12. The molecule has 1 N–H and O–H groups in total. The molecular weight excluding hydrogens is 326 g/mol. The van der Waals surface area contributed by atoms with E-state index in [1.165, 1.54) is 0 Å². The van der Waals surface area contributed by atoms with Crippen molar-refractivity contribution in [2.75, 3.05) is 11.9 Å². The molecule has 0 aliphatic rings. The number of anilines is 1. The Bertz CT molecular complexity index is 634. The molecular formula is C13H10ClF4N3O. The van der Waals surface area contributed by atoms with Crippen LogP contribution in [0.25, 0.3) is 0 Å². The molecule has 9 heteroatoms. The zero-order chi connectivity index (χ0) is 16.2. The quantitative estimate of drug-likeness (QED) is 0.844. The number of halogens is 5. The van der Waals surface area contributed by atoms with E-state index in [-0.39, 0.29) is 12.6 Å². The number of ether oxygens (including phenoxy) is 1. The van der Waals surface area contributed by atoms with Gasteiger partial charge in [0.05, 0.1) is 6.20 Å². The first-order valence-corrected chi connectivity index (χ1v) is 6.42. The van der Waals surface area contributed by atoms with Gasteiger partial charge in [-0.3, -0.25) is 0 Å². The fourth-order valence-corrected chi connectivity index (χ4v) is 1.58. The number of alkyl halides is 3. The topological polar surface area (TPSA) is 47.0 Å². The third kappa shape index (κ3) is 5.03. The Morgan fingerprint density at radius 3 is 2.50 bits per heavy atom. The van der Waals surface area contributed by atoms with Crippen LogP contribution in [0, 0.1) is 5.82 Å². The summed E-state index contributed by atoms with van der Waals surface area (Å²) in [6, 6.07) is 6.48. The van der Waals surface area contributed by atoms with E-state index in [1.54, 1.807) is 24.3 Å². The minimum absolute atomic E-state index is 0.0709. The molecule has 22 heavy (non-hydrogen) atoms. The van der Waals surface area contributed by atoms with Crippen LogP contribution >= 0.6 is 11.6 Å². The molecule has 0 unspecified atom stereocenters. The first-order chi connectivity index (χ1) is 10.3. The van der Waals surface area contributed by atoms with Crippen molar-refractivity contribution in [2.24, 2.45) is 0 Å². The van der Waals surface area contributed by atoms with E-state index in [0.29, 0.717) is 5.02 Å². The maximum atomic E-state index is 13.3. The average molecular weight is 336 g/mol. The number of rotatable bonds is 5. The number of hydrogen-bond acceptors (Lipinski definition) is 4. The predicted molar refractivity (Wildman–Crippen MR) is 72.3 cm³/mol. The highest BCUT2D eigenvalue weighted by atomic mass is 35.5. The molecule has 1 heterocycles. The molecule has 1 aromatic heterocycles. The summed E-state index contributed by atoms with van der Waals surface area (Å²) >= 11 is 5.73. The molecule has 2 rings (SSSR count). The molecule has 0 radical (unpaired) electrons. The van der Waals surface area contributed by atoms with Crippen LogP contribution in [-0.4, -0.2) is 22.7 Å². The highest BCUT2D eigenvalue weighted by molar-refractivity contribution is 6.30. The van der Waals surface area contributed by atoms with Crippen LogP contribution in [0.1, 0.15) is 5.56 Å². The molecule has 0 saturated carbocycles. The Morgan fingerprint density at radius 2 is 1.86 bits per heavy atom. The number of nitrogens with one attached hydrogen (secondary N) is 1. The lowest BCUT2D eigenvalue weighted by Gasteiger charge is -2.10. The van der Waals surface area contributed by atoms with Gasteiger partial charge in [0.15, 0.2) is 11.6 Å². The van der Waals surface area contributed by atoms with Crippen molar-refractivity contribution in [3.8, 4) is 6.01 Å². The van der Waals surface area contributed by atoms with Crippen LogP contribution in [0.4, 0.5) is 23.4 Å². The van der Waals surface area contributed by atoms with Crippen molar-refractivity contribution in [1.82, 2.24) is 9.97 Å². The fourth-order valence-electron chi connectivity index (χ4n) is 1.46. The molecule has 0 amide bonds. The maximum absolute atomic E-state index is 13.3. The number of nitrogens with zero attached hydrogens (tertiary/aromatic N) is 2. The van der Waals surface area contributed by atoms with Crippen molar-refractivity contribution in [1.29, 1.82) is 0 Å². The van der Waals surface area contributed by atoms with E-state index in [2.05, 4.69) is 9.97 Å². The zero-order valence-electron chi connectivity index (χ0n) is 11.0. The van der Waals surface area contributed by atoms with Crippen LogP contribution in [0.2, 0.25) is 5.02 Å². The van der Waals surface area contributed by atoms with Gasteiger partial charge >= 0.3 is 12.2 Å². The van der Waals surface area contributed by atoms with Gasteiger partial charge in [0, 0.05) is 5.02 Å². The van der Waals surface area contributed by atoms with Gasteiger partial charge < -0.3 is 10.1 Å². The minimum atomic E-state index is -4.48. The summed E-state index contributed by atoms with van der Waals surface area (Å²) in [7, 11) is 0. The smallest absolute Gasteiger partial charge is 0.405 e. The summed E-state index contributed by atoms with van der Waals surface area (Å²) in [5, 5.41) is 2.41. The van der Waals surface area contributed by atoms with Crippen LogP contribution in [-0.2, 0) is 6.61 Å². The SMILES string of the molecule is Fc1cnc(OCc2ccc(Cl)cc2)nc1NCC(F)(F)F. The minimum Gasteiger partial charge on any atom is -0.459 e. The molecule has 118 valence electrons. The Morgan fingerprint density at radius 1 is 1.18 bits per heavy atom. The Labute approximate surface area is 128 Å². The average Bonchev–Trinajstić information content (AvgIpc) is 2.46. The van der Waals surface area contributed by atoms with E-state index in [9.17, 15) is 17.6 Å². The number of aromatic nitrogens is 2. The molecule has 0 saturated heterocycles. The zero-order valence-corrected chi connectivity index (χ0v) is 11.7. The monoisotopic (exact) mass is 335 g/mol. The second-order valence-corrected chi connectivity index (χ2v) is 4.67. The van der Waals surface area contributed by atoms with Crippen LogP contribution in [0.3, 0.4) is 0 Å². The van der Waals surface area contributed by atoms with Crippen molar-refractivity contribution >= 4 is 17.4 Å². The van der Waals surface area contributed by atoms with Crippen molar-refractivity contribution < 1.29 is 22.3 Å². The van der Waals surface area contributed by atoms with Gasteiger partial charge in [-0.25, -0.2) is 9.37 Å². The van der Waals surface area contributed by atoms with E-state index in [4.69, 9.17) is 16.3 Å². The summed E-state index contributed by atoms with van der Waals surface area (Å²) in [6.45, 7) is -1.33. The Balaban J connectivity index is 2.01. The lowest BCUT2D eigenvalue weighted by Crippen LogP contribution is -2.22. The molecule has 0 fully saturated rings. The number of benzene rings is 1. The fraction of sp³-hybridized carbons (Fsp3) is 0.231. The van der Waals surface area contributed by atoms with Gasteiger partial charge in [0.2, 0.25) is 0 Å². The van der Waals surface area contributed by atoms with E-state index in [0.717, 1.165) is 11.8 Å². The highest BCUT2D eigenvalue weighted by Gasteiger charge is 2.27. The predicted octanol–water partition coefficient (Wildman–Crippen LogP) is 3.82. The molecule has 0 aliphatic heterocycles. The molecule has 0 bridgehead atoms. The van der Waals surface area contributed by atoms with Gasteiger partial charge in [-0.05, 0) is 17.7 Å². The lowest BCUT2D eigenvalue weighted by atomic mass is 10.2. The molecule has 0 atom stereocenters. The van der Waals surface area contributed by atoms with Gasteiger partial charge in [-0.1, -0.05) is 23.7 Å². The second-order valence-electron chi connectivity index (χ2n) is 4.23. The molecule has 0 spiro atoms. The number of hydrogen-bond donors (Lipinski definition) is 1. The second kappa shape index (κ2) is 6.78. The van der Waals surface area contributed by atoms with Crippen molar-refractivity contribution in [2.45, 2.75) is 12.8 Å². The van der Waals surface area contributed by atoms with Gasteiger partial charge in [0.25, 0.3) is 0 Å². The summed E-state index contributed by atoms with van der Waals surface area (Å²) in [5.41, 5.74) is 0.752. The van der Waals surface area contributed by atoms with Crippen molar-refractivity contribution in [3.63, 3.8) is 0 Å². The van der Waals surface area contributed by atoms with E-state index in [1.807, 2.05) is 5.32 Å². The standard InChI is InChI=1S/C13H10ClF4N3O/c14-9-3-1-8(2-4-9)6-22-12-19-5-10(15)11(21-12)20-7-13(16,17)18/h1-5H,6-7H2,(H,19,20,21). The van der Waals surface area contributed by atoms with Crippen LogP contribution in [0.5, 0.6) is 6.01 Å². The van der Waals surface area contributed by atoms with Gasteiger partial charge in [0.1, 0.15) is 13.2 Å². The highest BCUT2D eigenvalue weighted by Crippen LogP contribution is 2.19. The normalized spacial score (nSPS) is 11.3. The van der Waals surface area contributed by atoms with Crippen molar-refractivity contribution in [3.05, 3.63) is 46.9 Å². The Hall–Kier alpha value is -2.09. The molecule has 0 aliphatic carbocycles. The third-order valence-electron chi connectivity index (χ3n) is 2.46. The molecule has 2 aromatic rings.